The fourth-order valence-electron chi connectivity index (χ4n) is 4.26. The van der Waals surface area contributed by atoms with Crippen LogP contribution in [0.15, 0.2) is 60.7 Å². The van der Waals surface area contributed by atoms with E-state index in [4.69, 9.17) is 14.2 Å². The lowest BCUT2D eigenvalue weighted by Gasteiger charge is -2.38. The van der Waals surface area contributed by atoms with Crippen LogP contribution in [0.25, 0.3) is 0 Å². The van der Waals surface area contributed by atoms with E-state index in [0.717, 1.165) is 16.7 Å². The average Bonchev–Trinajstić information content (AvgIpc) is 2.86. The van der Waals surface area contributed by atoms with Gasteiger partial charge < -0.3 is 19.1 Å². The fourth-order valence-corrected chi connectivity index (χ4v) is 4.26. The van der Waals surface area contributed by atoms with E-state index < -0.39 is 4.92 Å². The largest absolute Gasteiger partial charge is 0.493 e. The summed E-state index contributed by atoms with van der Waals surface area (Å²) in [6.07, 6.45) is 0.668. The summed E-state index contributed by atoms with van der Waals surface area (Å²) in [5.74, 6) is 1.62. The second-order valence-corrected chi connectivity index (χ2v) is 8.05. The number of hydrogen-bond acceptors (Lipinski definition) is 6. The molecule has 0 spiro atoms. The molecule has 8 nitrogen and oxygen atoms in total. The lowest BCUT2D eigenvalue weighted by atomic mass is 9.91. The summed E-state index contributed by atoms with van der Waals surface area (Å²) in [6, 6.07) is 16.9. The molecule has 0 saturated heterocycles. The number of nitro benzene ring substituents is 1. The molecule has 0 radical (unpaired) electrons. The first kappa shape index (κ1) is 23.1. The molecule has 3 aromatic carbocycles. The monoisotopic (exact) mass is 462 g/mol. The van der Waals surface area contributed by atoms with Gasteiger partial charge in [0.15, 0.2) is 11.5 Å². The van der Waals surface area contributed by atoms with Crippen molar-refractivity contribution >= 4 is 11.6 Å². The van der Waals surface area contributed by atoms with Crippen LogP contribution in [-0.2, 0) is 6.42 Å². The lowest BCUT2D eigenvalue weighted by molar-refractivity contribution is -0.384. The predicted octanol–water partition coefficient (Wildman–Crippen LogP) is 4.74. The minimum absolute atomic E-state index is 0.0106. The molecule has 0 fully saturated rings. The molecule has 0 aliphatic carbocycles. The molecular formula is C26H26N2O6. The zero-order chi connectivity index (χ0) is 24.2. The van der Waals surface area contributed by atoms with Crippen LogP contribution in [0.1, 0.15) is 33.1 Å². The number of carbonyl (C=O) groups excluding carboxylic acids is 1. The molecule has 1 amide bonds. The molecule has 8 heteroatoms. The molecule has 0 bridgehead atoms. The van der Waals surface area contributed by atoms with Crippen molar-refractivity contribution in [2.75, 3.05) is 27.4 Å². The molecule has 1 unspecified atom stereocenters. The third-order valence-electron chi connectivity index (χ3n) is 6.09. The number of methoxy groups -OCH3 is 2. The Morgan fingerprint density at radius 1 is 1.06 bits per heavy atom. The van der Waals surface area contributed by atoms with Crippen LogP contribution < -0.4 is 14.2 Å². The number of benzene rings is 3. The molecule has 4 rings (SSSR count). The summed E-state index contributed by atoms with van der Waals surface area (Å²) in [5.41, 5.74) is 3.52. The van der Waals surface area contributed by atoms with Crippen LogP contribution in [0, 0.1) is 17.0 Å². The summed E-state index contributed by atoms with van der Waals surface area (Å²) >= 11 is 0. The number of rotatable bonds is 7. The topological polar surface area (TPSA) is 91.1 Å². The standard InChI is InChI=1S/C26H26N2O6/c1-17-6-4-5-7-21(17)26(29)27-13-12-18-14-24(32-2)25(33-3)15-22(18)23(27)16-34-20-10-8-19(9-11-20)28(30)31/h4-11,14-15,23H,12-13,16H2,1-3H3. The Morgan fingerprint density at radius 3 is 2.38 bits per heavy atom. The molecular weight excluding hydrogens is 436 g/mol. The van der Waals surface area contributed by atoms with Crippen LogP contribution in [0.3, 0.4) is 0 Å². The first-order chi connectivity index (χ1) is 16.4. The van der Waals surface area contributed by atoms with Gasteiger partial charge in [0.1, 0.15) is 12.4 Å². The maximum atomic E-state index is 13.6. The number of non-ortho nitro benzene ring substituents is 1. The van der Waals surface area contributed by atoms with Gasteiger partial charge in [-0.2, -0.15) is 0 Å². The Bertz CT molecular complexity index is 1210. The zero-order valence-electron chi connectivity index (χ0n) is 19.3. The number of nitro groups is 1. The fraction of sp³-hybridized carbons (Fsp3) is 0.269. The molecule has 0 aromatic heterocycles. The summed E-state index contributed by atoms with van der Waals surface area (Å²) < 4.78 is 17.0. The van der Waals surface area contributed by atoms with E-state index in [1.54, 1.807) is 26.4 Å². The van der Waals surface area contributed by atoms with E-state index in [0.29, 0.717) is 35.8 Å². The Morgan fingerprint density at radius 2 is 1.74 bits per heavy atom. The van der Waals surface area contributed by atoms with Gasteiger partial charge in [-0.15, -0.1) is 0 Å². The lowest BCUT2D eigenvalue weighted by Crippen LogP contribution is -2.42. The van der Waals surface area contributed by atoms with Crippen LogP contribution in [0.4, 0.5) is 5.69 Å². The second-order valence-electron chi connectivity index (χ2n) is 8.05. The zero-order valence-corrected chi connectivity index (χ0v) is 19.3. The Balaban J connectivity index is 1.69. The highest BCUT2D eigenvalue weighted by Crippen LogP contribution is 2.39. The molecule has 0 saturated carbocycles. The van der Waals surface area contributed by atoms with Gasteiger partial charge in [-0.3, -0.25) is 14.9 Å². The highest BCUT2D eigenvalue weighted by molar-refractivity contribution is 5.96. The van der Waals surface area contributed by atoms with Crippen LogP contribution in [0.5, 0.6) is 17.2 Å². The van der Waals surface area contributed by atoms with Crippen molar-refractivity contribution < 1.29 is 23.9 Å². The van der Waals surface area contributed by atoms with E-state index in [1.165, 1.54) is 12.1 Å². The predicted molar refractivity (Wildman–Crippen MR) is 127 cm³/mol. The number of carbonyl (C=O) groups is 1. The number of ether oxygens (including phenoxy) is 3. The van der Waals surface area contributed by atoms with Gasteiger partial charge in [0.25, 0.3) is 11.6 Å². The van der Waals surface area contributed by atoms with E-state index in [2.05, 4.69) is 0 Å². The summed E-state index contributed by atoms with van der Waals surface area (Å²) in [6.45, 7) is 2.61. The minimum Gasteiger partial charge on any atom is -0.493 e. The number of fused-ring (bicyclic) bond motifs is 1. The summed E-state index contributed by atoms with van der Waals surface area (Å²) in [4.78, 5) is 25.9. The van der Waals surface area contributed by atoms with Crippen LogP contribution in [0.2, 0.25) is 0 Å². The van der Waals surface area contributed by atoms with Gasteiger partial charge in [0.05, 0.1) is 25.2 Å². The molecule has 1 heterocycles. The molecule has 1 aliphatic rings. The van der Waals surface area contributed by atoms with Gasteiger partial charge in [-0.1, -0.05) is 18.2 Å². The molecule has 176 valence electrons. The number of hydrogen-bond donors (Lipinski definition) is 0. The van der Waals surface area contributed by atoms with Gasteiger partial charge in [0.2, 0.25) is 0 Å². The number of nitrogens with zero attached hydrogens (tertiary/aromatic N) is 2. The maximum absolute atomic E-state index is 13.6. The van der Waals surface area contributed by atoms with E-state index in [1.807, 2.05) is 48.2 Å². The van der Waals surface area contributed by atoms with Crippen molar-refractivity contribution in [3.05, 3.63) is 93.0 Å². The van der Waals surface area contributed by atoms with Gasteiger partial charge in [-0.05, 0) is 60.4 Å². The van der Waals surface area contributed by atoms with Gasteiger partial charge in [0, 0.05) is 24.2 Å². The third-order valence-corrected chi connectivity index (χ3v) is 6.09. The maximum Gasteiger partial charge on any atom is 0.269 e. The highest BCUT2D eigenvalue weighted by Gasteiger charge is 2.33. The molecule has 1 aliphatic heterocycles. The third kappa shape index (κ3) is 4.52. The van der Waals surface area contributed by atoms with Crippen LogP contribution in [-0.4, -0.2) is 43.1 Å². The number of aryl methyl sites for hydroxylation is 1. The quantitative estimate of drug-likeness (QED) is 0.372. The van der Waals surface area contributed by atoms with Crippen molar-refractivity contribution in [2.45, 2.75) is 19.4 Å². The van der Waals surface area contributed by atoms with Crippen molar-refractivity contribution in [3.8, 4) is 17.2 Å². The normalized spacial score (nSPS) is 14.8. The van der Waals surface area contributed by atoms with Crippen molar-refractivity contribution in [1.29, 1.82) is 0 Å². The minimum atomic E-state index is -0.455. The van der Waals surface area contributed by atoms with Gasteiger partial charge in [-0.25, -0.2) is 0 Å². The van der Waals surface area contributed by atoms with Gasteiger partial charge >= 0.3 is 0 Å². The van der Waals surface area contributed by atoms with E-state index in [9.17, 15) is 14.9 Å². The first-order valence-electron chi connectivity index (χ1n) is 10.9. The van der Waals surface area contributed by atoms with E-state index >= 15 is 0 Å². The molecule has 34 heavy (non-hydrogen) atoms. The first-order valence-corrected chi connectivity index (χ1v) is 10.9. The van der Waals surface area contributed by atoms with Crippen molar-refractivity contribution in [1.82, 2.24) is 4.90 Å². The number of amides is 1. The van der Waals surface area contributed by atoms with E-state index in [-0.39, 0.29) is 24.2 Å². The molecule has 3 aromatic rings. The van der Waals surface area contributed by atoms with Crippen LogP contribution >= 0.6 is 0 Å². The summed E-state index contributed by atoms with van der Waals surface area (Å²) in [5, 5.41) is 10.9. The Hall–Kier alpha value is -4.07. The van der Waals surface area contributed by atoms with Crippen molar-refractivity contribution in [2.24, 2.45) is 0 Å². The van der Waals surface area contributed by atoms with Crippen molar-refractivity contribution in [3.63, 3.8) is 0 Å². The highest BCUT2D eigenvalue weighted by atomic mass is 16.6. The Labute approximate surface area is 197 Å². The smallest absolute Gasteiger partial charge is 0.269 e. The molecule has 1 atom stereocenters. The SMILES string of the molecule is COc1cc2c(cc1OC)C(COc1ccc([N+](=O)[O-])cc1)N(C(=O)c1ccccc1C)CC2. The summed E-state index contributed by atoms with van der Waals surface area (Å²) in [7, 11) is 3.17. The average molecular weight is 463 g/mol. The second kappa shape index (κ2) is 9.82. The Kier molecular flexibility index (Phi) is 6.67. The molecule has 0 N–H and O–H groups in total.